The van der Waals surface area contributed by atoms with Crippen molar-refractivity contribution in [3.05, 3.63) is 59.9 Å². The van der Waals surface area contributed by atoms with Gasteiger partial charge in [-0.2, -0.15) is 0 Å². The molecule has 136 valence electrons. The molecule has 3 rings (SSSR count). The number of rotatable bonds is 9. The Morgan fingerprint density at radius 2 is 1.27 bits per heavy atom. The van der Waals surface area contributed by atoms with Gasteiger partial charge in [0.25, 0.3) is 0 Å². The number of aromatic nitrogens is 2. The van der Waals surface area contributed by atoms with E-state index in [0.29, 0.717) is 0 Å². The van der Waals surface area contributed by atoms with Gasteiger partial charge in [-0.3, -0.25) is 0 Å². The second-order valence-corrected chi connectivity index (χ2v) is 7.61. The topological polar surface area (TPSA) is 25.8 Å². The lowest BCUT2D eigenvalue weighted by Gasteiger charge is -2.03. The van der Waals surface area contributed by atoms with Crippen molar-refractivity contribution >= 4 is 11.3 Å². The van der Waals surface area contributed by atoms with E-state index in [9.17, 15) is 4.39 Å². The van der Waals surface area contributed by atoms with Gasteiger partial charge < -0.3 is 0 Å². The average molecular weight is 369 g/mol. The molecule has 0 saturated carbocycles. The summed E-state index contributed by atoms with van der Waals surface area (Å²) in [5.41, 5.74) is 3.37. The first-order valence-electron chi connectivity index (χ1n) is 9.45. The van der Waals surface area contributed by atoms with Crippen LogP contribution in [-0.2, 0) is 6.42 Å². The van der Waals surface area contributed by atoms with E-state index < -0.39 is 0 Å². The molecule has 1 heterocycles. The van der Waals surface area contributed by atoms with Crippen molar-refractivity contribution in [2.45, 2.75) is 51.9 Å². The van der Waals surface area contributed by atoms with Crippen LogP contribution in [0, 0.1) is 5.82 Å². The number of aryl methyl sites for hydroxylation is 1. The second kappa shape index (κ2) is 9.58. The Morgan fingerprint density at radius 3 is 1.88 bits per heavy atom. The summed E-state index contributed by atoms with van der Waals surface area (Å²) in [6.07, 6.45) is 9.09. The number of nitrogens with zero attached hydrogens (tertiary/aromatic N) is 2. The molecule has 0 N–H and O–H groups in total. The highest BCUT2D eigenvalue weighted by Gasteiger charge is 2.09. The maximum Gasteiger partial charge on any atom is 0.148 e. The van der Waals surface area contributed by atoms with Gasteiger partial charge >= 0.3 is 0 Å². The van der Waals surface area contributed by atoms with Crippen LogP contribution in [0.25, 0.3) is 21.1 Å². The molecule has 0 radical (unpaired) electrons. The summed E-state index contributed by atoms with van der Waals surface area (Å²) in [5.74, 6) is -0.237. The molecule has 0 aliphatic rings. The van der Waals surface area contributed by atoms with Crippen LogP contribution in [0.2, 0.25) is 0 Å². The summed E-state index contributed by atoms with van der Waals surface area (Å²) in [7, 11) is 0. The van der Waals surface area contributed by atoms with Gasteiger partial charge in [-0.15, -0.1) is 10.2 Å². The lowest BCUT2D eigenvalue weighted by Crippen LogP contribution is -1.87. The highest BCUT2D eigenvalue weighted by molar-refractivity contribution is 7.17. The van der Waals surface area contributed by atoms with E-state index in [4.69, 9.17) is 0 Å². The van der Waals surface area contributed by atoms with E-state index in [-0.39, 0.29) is 5.82 Å². The third-order valence-electron chi connectivity index (χ3n) is 4.54. The highest BCUT2D eigenvalue weighted by atomic mass is 32.1. The molecule has 3 aromatic rings. The fraction of sp³-hybridized carbons (Fsp3) is 0.364. The van der Waals surface area contributed by atoms with Crippen LogP contribution in [0.15, 0.2) is 48.5 Å². The van der Waals surface area contributed by atoms with E-state index >= 15 is 0 Å². The predicted octanol–water partition coefficient (Wildman–Crippen LogP) is 6.91. The lowest BCUT2D eigenvalue weighted by molar-refractivity contribution is 0.607. The lowest BCUT2D eigenvalue weighted by atomic mass is 10.0. The Balaban J connectivity index is 1.56. The molecule has 0 unspecified atom stereocenters. The molecule has 0 aliphatic carbocycles. The number of halogens is 1. The highest BCUT2D eigenvalue weighted by Crippen LogP contribution is 2.30. The van der Waals surface area contributed by atoms with Crippen LogP contribution in [0.3, 0.4) is 0 Å². The SMILES string of the molecule is CCCCCCCCc1ccc(-c2nnc(-c3ccc(F)cc3)s2)cc1. The Labute approximate surface area is 159 Å². The quantitative estimate of drug-likeness (QED) is 0.383. The minimum absolute atomic E-state index is 0.237. The first-order valence-corrected chi connectivity index (χ1v) is 10.3. The minimum atomic E-state index is -0.237. The second-order valence-electron chi connectivity index (χ2n) is 6.63. The summed E-state index contributed by atoms with van der Waals surface area (Å²) < 4.78 is 13.0. The number of unbranched alkanes of at least 4 members (excludes halogenated alkanes) is 5. The average Bonchev–Trinajstić information content (AvgIpc) is 3.16. The number of benzene rings is 2. The summed E-state index contributed by atoms with van der Waals surface area (Å²) in [6.45, 7) is 2.25. The van der Waals surface area contributed by atoms with E-state index in [1.807, 2.05) is 0 Å². The summed E-state index contributed by atoms with van der Waals surface area (Å²) in [4.78, 5) is 0. The number of hydrogen-bond acceptors (Lipinski definition) is 3. The minimum Gasteiger partial charge on any atom is -0.207 e. The first-order chi connectivity index (χ1) is 12.8. The van der Waals surface area contributed by atoms with Crippen molar-refractivity contribution in [3.63, 3.8) is 0 Å². The molecular formula is C22H25FN2S. The zero-order valence-electron chi connectivity index (χ0n) is 15.2. The fourth-order valence-corrected chi connectivity index (χ4v) is 3.83. The molecule has 0 spiro atoms. The van der Waals surface area contributed by atoms with Crippen LogP contribution in [0.4, 0.5) is 4.39 Å². The van der Waals surface area contributed by atoms with Crippen LogP contribution < -0.4 is 0 Å². The Morgan fingerprint density at radius 1 is 0.731 bits per heavy atom. The summed E-state index contributed by atoms with van der Waals surface area (Å²) >= 11 is 1.54. The standard InChI is InChI=1S/C22H25FN2S/c1-2-3-4-5-6-7-8-17-9-11-18(12-10-17)21-24-25-22(26-21)19-13-15-20(23)16-14-19/h9-16H,2-8H2,1H3. The van der Waals surface area contributed by atoms with Gasteiger partial charge in [-0.1, -0.05) is 74.6 Å². The zero-order chi connectivity index (χ0) is 18.2. The summed E-state index contributed by atoms with van der Waals surface area (Å²) in [5, 5.41) is 10.3. The Hall–Kier alpha value is -2.07. The third-order valence-corrected chi connectivity index (χ3v) is 5.56. The fourth-order valence-electron chi connectivity index (χ4n) is 2.97. The van der Waals surface area contributed by atoms with Gasteiger partial charge in [0.05, 0.1) is 0 Å². The van der Waals surface area contributed by atoms with Crippen molar-refractivity contribution in [2.75, 3.05) is 0 Å². The van der Waals surface area contributed by atoms with E-state index in [1.165, 1.54) is 67.6 Å². The summed E-state index contributed by atoms with van der Waals surface area (Å²) in [6, 6.07) is 15.0. The maximum atomic E-state index is 13.0. The zero-order valence-corrected chi connectivity index (χ0v) is 16.1. The molecule has 0 bridgehead atoms. The van der Waals surface area contributed by atoms with Crippen molar-refractivity contribution < 1.29 is 4.39 Å². The normalized spacial score (nSPS) is 11.0. The molecule has 4 heteroatoms. The molecule has 0 atom stereocenters. The van der Waals surface area contributed by atoms with E-state index in [2.05, 4.69) is 41.4 Å². The van der Waals surface area contributed by atoms with Gasteiger partial charge in [0, 0.05) is 11.1 Å². The van der Waals surface area contributed by atoms with Gasteiger partial charge in [0.2, 0.25) is 0 Å². The van der Waals surface area contributed by atoms with E-state index in [0.717, 1.165) is 27.6 Å². The first kappa shape index (κ1) is 18.7. The van der Waals surface area contributed by atoms with Gasteiger partial charge in [0.1, 0.15) is 15.8 Å². The van der Waals surface area contributed by atoms with Crippen LogP contribution in [0.5, 0.6) is 0 Å². The molecule has 0 aliphatic heterocycles. The largest absolute Gasteiger partial charge is 0.207 e. The molecule has 26 heavy (non-hydrogen) atoms. The van der Waals surface area contributed by atoms with Gasteiger partial charge in [0.15, 0.2) is 0 Å². The smallest absolute Gasteiger partial charge is 0.148 e. The van der Waals surface area contributed by atoms with Crippen LogP contribution in [-0.4, -0.2) is 10.2 Å². The Kier molecular flexibility index (Phi) is 6.89. The van der Waals surface area contributed by atoms with Gasteiger partial charge in [-0.25, -0.2) is 4.39 Å². The van der Waals surface area contributed by atoms with Crippen LogP contribution in [0.1, 0.15) is 51.0 Å². The van der Waals surface area contributed by atoms with Crippen molar-refractivity contribution in [2.24, 2.45) is 0 Å². The monoisotopic (exact) mass is 368 g/mol. The van der Waals surface area contributed by atoms with Crippen molar-refractivity contribution in [1.29, 1.82) is 0 Å². The van der Waals surface area contributed by atoms with Crippen LogP contribution >= 0.6 is 11.3 Å². The Bertz CT molecular complexity index is 794. The molecule has 2 aromatic carbocycles. The molecule has 1 aromatic heterocycles. The predicted molar refractivity (Wildman–Crippen MR) is 108 cm³/mol. The van der Waals surface area contributed by atoms with Gasteiger partial charge in [-0.05, 0) is 42.7 Å². The third kappa shape index (κ3) is 5.21. The number of hydrogen-bond donors (Lipinski definition) is 0. The molecular weight excluding hydrogens is 343 g/mol. The molecule has 0 saturated heterocycles. The maximum absolute atomic E-state index is 13.0. The molecule has 0 fully saturated rings. The van der Waals surface area contributed by atoms with E-state index in [1.54, 1.807) is 12.1 Å². The van der Waals surface area contributed by atoms with Crippen molar-refractivity contribution in [1.82, 2.24) is 10.2 Å². The van der Waals surface area contributed by atoms with Crippen molar-refractivity contribution in [3.8, 4) is 21.1 Å². The molecule has 0 amide bonds. The molecule has 2 nitrogen and oxygen atoms in total.